The summed E-state index contributed by atoms with van der Waals surface area (Å²) in [6.07, 6.45) is 2.37. The fraction of sp³-hybridized carbons (Fsp3) is 0.733. The van der Waals surface area contributed by atoms with Crippen LogP contribution in [0.3, 0.4) is 0 Å². The molecule has 112 valence electrons. The van der Waals surface area contributed by atoms with Crippen LogP contribution >= 0.6 is 0 Å². The van der Waals surface area contributed by atoms with Crippen LogP contribution in [0.25, 0.3) is 0 Å². The Hall–Kier alpha value is -1.36. The van der Waals surface area contributed by atoms with Crippen LogP contribution < -0.4 is 10.2 Å². The maximum atomic E-state index is 10.0. The van der Waals surface area contributed by atoms with Gasteiger partial charge >= 0.3 is 0 Å². The van der Waals surface area contributed by atoms with Gasteiger partial charge in [0.15, 0.2) is 0 Å². The third kappa shape index (κ3) is 4.07. The summed E-state index contributed by atoms with van der Waals surface area (Å²) in [6.45, 7) is 10.0. The van der Waals surface area contributed by atoms with Crippen LogP contribution in [-0.2, 0) is 0 Å². The van der Waals surface area contributed by atoms with E-state index in [-0.39, 0.29) is 0 Å². The van der Waals surface area contributed by atoms with Crippen LogP contribution in [0.2, 0.25) is 0 Å². The molecule has 5 nitrogen and oxygen atoms in total. The molecule has 1 aliphatic carbocycles. The van der Waals surface area contributed by atoms with Crippen LogP contribution in [-0.4, -0.2) is 40.3 Å². The fourth-order valence-corrected chi connectivity index (χ4v) is 2.23. The van der Waals surface area contributed by atoms with E-state index in [4.69, 9.17) is 4.98 Å². The molecule has 0 radical (unpaired) electrons. The molecule has 0 spiro atoms. The van der Waals surface area contributed by atoms with Crippen molar-refractivity contribution in [2.75, 3.05) is 29.9 Å². The number of nitrogens with one attached hydrogen (secondary N) is 1. The third-order valence-electron chi connectivity index (χ3n) is 3.31. The van der Waals surface area contributed by atoms with E-state index in [1.165, 1.54) is 12.8 Å². The molecule has 1 heterocycles. The second-order valence-electron chi connectivity index (χ2n) is 6.10. The van der Waals surface area contributed by atoms with Crippen molar-refractivity contribution in [1.29, 1.82) is 0 Å². The largest absolute Gasteiger partial charge is 0.389 e. The highest BCUT2D eigenvalue weighted by Gasteiger charge is 2.28. The van der Waals surface area contributed by atoms with Gasteiger partial charge in [-0.3, -0.25) is 0 Å². The smallest absolute Gasteiger partial charge is 0.136 e. The minimum absolute atomic E-state index is 0.521. The van der Waals surface area contributed by atoms with E-state index in [0.29, 0.717) is 12.5 Å². The lowest BCUT2D eigenvalue weighted by Gasteiger charge is -2.29. The van der Waals surface area contributed by atoms with Gasteiger partial charge in [-0.25, -0.2) is 9.97 Å². The Labute approximate surface area is 121 Å². The minimum Gasteiger partial charge on any atom is -0.389 e. The predicted octanol–water partition coefficient (Wildman–Crippen LogP) is 2.38. The summed E-state index contributed by atoms with van der Waals surface area (Å²) in [7, 11) is 0. The molecule has 1 aromatic rings. The topological polar surface area (TPSA) is 61.3 Å². The Morgan fingerprint density at radius 1 is 1.35 bits per heavy atom. The fourth-order valence-electron chi connectivity index (χ4n) is 2.23. The first kappa shape index (κ1) is 15.0. The van der Waals surface area contributed by atoms with Gasteiger partial charge < -0.3 is 15.3 Å². The molecule has 1 saturated carbocycles. The van der Waals surface area contributed by atoms with Crippen molar-refractivity contribution in [2.45, 2.75) is 52.1 Å². The summed E-state index contributed by atoms with van der Waals surface area (Å²) in [6, 6.07) is 1.98. The summed E-state index contributed by atoms with van der Waals surface area (Å²) < 4.78 is 0. The monoisotopic (exact) mass is 278 g/mol. The molecule has 0 aromatic carbocycles. The predicted molar refractivity (Wildman–Crippen MR) is 82.4 cm³/mol. The highest BCUT2D eigenvalue weighted by atomic mass is 16.3. The molecule has 2 N–H and O–H groups in total. The number of aliphatic hydroxyl groups is 1. The van der Waals surface area contributed by atoms with Crippen molar-refractivity contribution in [3.63, 3.8) is 0 Å². The molecule has 0 unspecified atom stereocenters. The van der Waals surface area contributed by atoms with E-state index in [2.05, 4.69) is 29.0 Å². The van der Waals surface area contributed by atoms with E-state index < -0.39 is 5.60 Å². The number of nitrogens with zero attached hydrogens (tertiary/aromatic N) is 3. The van der Waals surface area contributed by atoms with Gasteiger partial charge in [-0.15, -0.1) is 0 Å². The molecule has 5 heteroatoms. The third-order valence-corrected chi connectivity index (χ3v) is 3.31. The van der Waals surface area contributed by atoms with Crippen LogP contribution in [0.15, 0.2) is 6.07 Å². The standard InChI is InChI=1S/C15H26N4O/c1-5-16-12-9-13(18-14(17-12)11-7-8-11)19(6-2)10-15(3,4)20/h9,11,20H,5-8,10H2,1-4H3,(H,16,17,18). The Morgan fingerprint density at radius 3 is 2.55 bits per heavy atom. The maximum Gasteiger partial charge on any atom is 0.136 e. The van der Waals surface area contributed by atoms with Crippen molar-refractivity contribution in [3.05, 3.63) is 11.9 Å². The van der Waals surface area contributed by atoms with E-state index >= 15 is 0 Å². The van der Waals surface area contributed by atoms with Crippen molar-refractivity contribution >= 4 is 11.6 Å². The second-order valence-corrected chi connectivity index (χ2v) is 6.10. The van der Waals surface area contributed by atoms with Crippen LogP contribution in [0, 0.1) is 0 Å². The number of hydrogen-bond donors (Lipinski definition) is 2. The van der Waals surface area contributed by atoms with E-state index in [1.54, 1.807) is 0 Å². The molecule has 0 saturated heterocycles. The molecular weight excluding hydrogens is 252 g/mol. The van der Waals surface area contributed by atoms with Gasteiger partial charge in [-0.1, -0.05) is 0 Å². The van der Waals surface area contributed by atoms with Gasteiger partial charge in [0.2, 0.25) is 0 Å². The van der Waals surface area contributed by atoms with Gasteiger partial charge in [0.1, 0.15) is 17.5 Å². The van der Waals surface area contributed by atoms with Gasteiger partial charge in [-0.05, 0) is 40.5 Å². The van der Waals surface area contributed by atoms with Crippen LogP contribution in [0.1, 0.15) is 52.3 Å². The van der Waals surface area contributed by atoms with Gasteiger partial charge in [0.25, 0.3) is 0 Å². The minimum atomic E-state index is -0.737. The molecule has 0 bridgehead atoms. The summed E-state index contributed by atoms with van der Waals surface area (Å²) in [5.74, 6) is 3.25. The summed E-state index contributed by atoms with van der Waals surface area (Å²) in [4.78, 5) is 11.4. The number of aromatic nitrogens is 2. The van der Waals surface area contributed by atoms with Crippen molar-refractivity contribution in [2.24, 2.45) is 0 Å². The zero-order chi connectivity index (χ0) is 14.8. The zero-order valence-corrected chi connectivity index (χ0v) is 13.0. The molecular formula is C15H26N4O. The molecule has 0 amide bonds. The molecule has 1 aliphatic rings. The normalized spacial score (nSPS) is 15.2. The van der Waals surface area contributed by atoms with Crippen molar-refractivity contribution < 1.29 is 5.11 Å². The molecule has 20 heavy (non-hydrogen) atoms. The first-order valence-electron chi connectivity index (χ1n) is 7.53. The Morgan fingerprint density at radius 2 is 2.05 bits per heavy atom. The van der Waals surface area contributed by atoms with Crippen LogP contribution in [0.5, 0.6) is 0 Å². The number of hydrogen-bond acceptors (Lipinski definition) is 5. The Bertz CT molecular complexity index is 452. The number of rotatable bonds is 7. The van der Waals surface area contributed by atoms with E-state index in [0.717, 1.165) is 30.5 Å². The van der Waals surface area contributed by atoms with Gasteiger partial charge in [0, 0.05) is 31.6 Å². The maximum absolute atomic E-state index is 10.0. The molecule has 0 aliphatic heterocycles. The lowest BCUT2D eigenvalue weighted by Crippen LogP contribution is -2.39. The number of likely N-dealkylation sites (N-methyl/N-ethyl adjacent to an activating group) is 1. The van der Waals surface area contributed by atoms with Gasteiger partial charge in [-0.2, -0.15) is 0 Å². The summed E-state index contributed by atoms with van der Waals surface area (Å²) >= 11 is 0. The highest BCUT2D eigenvalue weighted by molar-refractivity contribution is 5.50. The average Bonchev–Trinajstić information content (AvgIpc) is 3.19. The van der Waals surface area contributed by atoms with Crippen LogP contribution in [0.4, 0.5) is 11.6 Å². The Kier molecular flexibility index (Phi) is 4.48. The highest BCUT2D eigenvalue weighted by Crippen LogP contribution is 2.39. The molecule has 0 atom stereocenters. The van der Waals surface area contributed by atoms with E-state index in [9.17, 15) is 5.11 Å². The average molecular weight is 278 g/mol. The summed E-state index contributed by atoms with van der Waals surface area (Å²) in [5.41, 5.74) is -0.737. The SMILES string of the molecule is CCNc1cc(N(CC)CC(C)(C)O)nc(C2CC2)n1. The first-order chi connectivity index (χ1) is 9.43. The van der Waals surface area contributed by atoms with Crippen molar-refractivity contribution in [3.8, 4) is 0 Å². The lowest BCUT2D eigenvalue weighted by atomic mass is 10.1. The number of anilines is 2. The Balaban J connectivity index is 2.27. The van der Waals surface area contributed by atoms with Gasteiger partial charge in [0.05, 0.1) is 5.60 Å². The molecule has 1 fully saturated rings. The summed E-state index contributed by atoms with van der Waals surface area (Å²) in [5, 5.41) is 13.3. The van der Waals surface area contributed by atoms with Crippen molar-refractivity contribution in [1.82, 2.24) is 9.97 Å². The first-order valence-corrected chi connectivity index (χ1v) is 7.53. The molecule has 1 aromatic heterocycles. The van der Waals surface area contributed by atoms with E-state index in [1.807, 2.05) is 19.9 Å². The second kappa shape index (κ2) is 5.95. The molecule has 2 rings (SSSR count). The zero-order valence-electron chi connectivity index (χ0n) is 13.0. The quantitative estimate of drug-likeness (QED) is 0.802. The lowest BCUT2D eigenvalue weighted by molar-refractivity contribution is 0.0874.